The van der Waals surface area contributed by atoms with E-state index in [1.807, 2.05) is 4.90 Å². The Morgan fingerprint density at radius 3 is 2.82 bits per heavy atom. The molecule has 3 rings (SSSR count). The van der Waals surface area contributed by atoms with Crippen molar-refractivity contribution in [3.05, 3.63) is 23.5 Å². The number of aromatic nitrogens is 1. The topological polar surface area (TPSA) is 51.7 Å². The number of pyridine rings is 1. The number of piperidine rings is 1. The van der Waals surface area contributed by atoms with Gasteiger partial charge in [-0.2, -0.15) is 0 Å². The normalized spacial score (nSPS) is 23.3. The number of halogens is 1. The van der Waals surface area contributed by atoms with E-state index in [1.165, 1.54) is 0 Å². The van der Waals surface area contributed by atoms with E-state index < -0.39 is 0 Å². The lowest BCUT2D eigenvalue weighted by atomic mass is 9.98. The summed E-state index contributed by atoms with van der Waals surface area (Å²) in [4.78, 5) is 18.4. The van der Waals surface area contributed by atoms with Crippen LogP contribution in [0.15, 0.2) is 18.5 Å². The van der Waals surface area contributed by atoms with Crippen LogP contribution in [0.5, 0.6) is 5.75 Å². The van der Waals surface area contributed by atoms with E-state index >= 15 is 0 Å². The molecule has 0 unspecified atom stereocenters. The monoisotopic (exact) mass is 324 g/mol. The van der Waals surface area contributed by atoms with Gasteiger partial charge in [-0.15, -0.1) is 0 Å². The Morgan fingerprint density at radius 2 is 2.14 bits per heavy atom. The molecule has 2 aliphatic heterocycles. The Hall–Kier alpha value is -1.33. The molecule has 5 nitrogen and oxygen atoms in total. The van der Waals surface area contributed by atoms with E-state index in [1.54, 1.807) is 18.5 Å². The summed E-state index contributed by atoms with van der Waals surface area (Å²) in [6.45, 7) is 2.85. The smallest absolute Gasteiger partial charge is 0.228 e. The van der Waals surface area contributed by atoms with Gasteiger partial charge in [0, 0.05) is 44.8 Å². The number of ether oxygens (including phenoxy) is 2. The second kappa shape index (κ2) is 7.29. The number of carbonyl (C=O) groups excluding carboxylic acids is 1. The van der Waals surface area contributed by atoms with Crippen LogP contribution in [0, 0.1) is 5.92 Å². The molecule has 0 aliphatic carbocycles. The van der Waals surface area contributed by atoms with Crippen LogP contribution in [0.25, 0.3) is 0 Å². The summed E-state index contributed by atoms with van der Waals surface area (Å²) >= 11 is 5.91. The number of nitrogens with zero attached hydrogens (tertiary/aromatic N) is 2. The van der Waals surface area contributed by atoms with Gasteiger partial charge in [-0.1, -0.05) is 11.6 Å². The fourth-order valence-corrected chi connectivity index (χ4v) is 3.20. The molecule has 120 valence electrons. The molecule has 2 saturated heterocycles. The number of carbonyl (C=O) groups is 1. The molecule has 1 aromatic heterocycles. The van der Waals surface area contributed by atoms with Gasteiger partial charge in [-0.25, -0.2) is 0 Å². The Morgan fingerprint density at radius 1 is 1.32 bits per heavy atom. The molecular weight excluding hydrogens is 304 g/mol. The molecule has 0 radical (unpaired) electrons. The van der Waals surface area contributed by atoms with E-state index in [0.29, 0.717) is 17.4 Å². The van der Waals surface area contributed by atoms with Gasteiger partial charge in [0.25, 0.3) is 0 Å². The summed E-state index contributed by atoms with van der Waals surface area (Å²) in [5.74, 6) is 0.976. The predicted molar refractivity (Wildman–Crippen MR) is 83.0 cm³/mol. The average molecular weight is 325 g/mol. The Labute approximate surface area is 135 Å². The van der Waals surface area contributed by atoms with Crippen LogP contribution >= 0.6 is 11.6 Å². The second-order valence-electron chi connectivity index (χ2n) is 5.90. The molecule has 0 spiro atoms. The number of rotatable bonds is 3. The molecule has 1 aromatic rings. The van der Waals surface area contributed by atoms with Gasteiger partial charge in [-0.3, -0.25) is 9.78 Å². The first-order chi connectivity index (χ1) is 10.7. The number of hydrogen-bond donors (Lipinski definition) is 0. The molecule has 0 N–H and O–H groups in total. The molecule has 1 amide bonds. The van der Waals surface area contributed by atoms with Crippen LogP contribution in [-0.2, 0) is 9.53 Å². The molecule has 6 heteroatoms. The Kier molecular flexibility index (Phi) is 5.16. The quantitative estimate of drug-likeness (QED) is 0.857. The highest BCUT2D eigenvalue weighted by Crippen LogP contribution is 2.23. The fraction of sp³-hybridized carbons (Fsp3) is 0.625. The van der Waals surface area contributed by atoms with Gasteiger partial charge in [-0.05, 0) is 12.8 Å². The first-order valence-corrected chi connectivity index (χ1v) is 8.24. The lowest BCUT2D eigenvalue weighted by molar-refractivity contribution is -0.141. The van der Waals surface area contributed by atoms with Crippen molar-refractivity contribution in [3.63, 3.8) is 0 Å². The highest BCUT2D eigenvalue weighted by atomic mass is 35.5. The zero-order valence-electron chi connectivity index (χ0n) is 12.5. The maximum absolute atomic E-state index is 12.4. The fourth-order valence-electron chi connectivity index (χ4n) is 3.04. The minimum absolute atomic E-state index is 0.0448. The summed E-state index contributed by atoms with van der Waals surface area (Å²) in [5, 5.41) is 0.572. The lowest BCUT2D eigenvalue weighted by Crippen LogP contribution is -2.45. The van der Waals surface area contributed by atoms with E-state index in [-0.39, 0.29) is 17.9 Å². The zero-order chi connectivity index (χ0) is 15.4. The lowest BCUT2D eigenvalue weighted by Gasteiger charge is -2.35. The van der Waals surface area contributed by atoms with E-state index in [0.717, 1.165) is 45.4 Å². The van der Waals surface area contributed by atoms with Gasteiger partial charge in [0.1, 0.15) is 11.9 Å². The van der Waals surface area contributed by atoms with Crippen molar-refractivity contribution >= 4 is 17.5 Å². The van der Waals surface area contributed by atoms with Crippen molar-refractivity contribution in [2.24, 2.45) is 5.92 Å². The summed E-state index contributed by atoms with van der Waals surface area (Å²) < 4.78 is 11.3. The molecule has 2 aliphatic rings. The summed E-state index contributed by atoms with van der Waals surface area (Å²) in [6.07, 6.45) is 6.98. The first-order valence-electron chi connectivity index (χ1n) is 7.86. The molecule has 0 saturated carbocycles. The molecule has 3 heterocycles. The van der Waals surface area contributed by atoms with Crippen LogP contribution in [0.2, 0.25) is 5.02 Å². The highest BCUT2D eigenvalue weighted by Gasteiger charge is 2.30. The Balaban J connectivity index is 1.48. The van der Waals surface area contributed by atoms with Crippen molar-refractivity contribution in [2.45, 2.75) is 31.8 Å². The molecule has 2 fully saturated rings. The van der Waals surface area contributed by atoms with Crippen LogP contribution in [0.1, 0.15) is 25.7 Å². The maximum atomic E-state index is 12.4. The van der Waals surface area contributed by atoms with E-state index in [2.05, 4.69) is 4.98 Å². The van der Waals surface area contributed by atoms with Crippen LogP contribution in [0.4, 0.5) is 0 Å². The first kappa shape index (κ1) is 15.6. The maximum Gasteiger partial charge on any atom is 0.228 e. The van der Waals surface area contributed by atoms with Gasteiger partial charge in [0.15, 0.2) is 0 Å². The number of hydrogen-bond acceptors (Lipinski definition) is 4. The minimum atomic E-state index is 0.0448. The van der Waals surface area contributed by atoms with Gasteiger partial charge < -0.3 is 14.4 Å². The second-order valence-corrected chi connectivity index (χ2v) is 6.33. The standard InChI is InChI=1S/C16H21ClN2O3/c17-13-8-15(10-18-9-13)22-14-3-5-19(6-4-14)16(20)12-2-1-7-21-11-12/h8-10,12,14H,1-7,11H2/t12-/m1/s1. The third-order valence-corrected chi connectivity index (χ3v) is 4.45. The summed E-state index contributed by atoms with van der Waals surface area (Å²) in [5.41, 5.74) is 0. The van der Waals surface area contributed by atoms with Crippen LogP contribution < -0.4 is 4.74 Å². The van der Waals surface area contributed by atoms with Crippen LogP contribution in [-0.4, -0.2) is 48.2 Å². The zero-order valence-corrected chi connectivity index (χ0v) is 13.3. The highest BCUT2D eigenvalue weighted by molar-refractivity contribution is 6.30. The molecule has 0 aromatic carbocycles. The van der Waals surface area contributed by atoms with Gasteiger partial charge in [0.2, 0.25) is 5.91 Å². The van der Waals surface area contributed by atoms with Crippen molar-refractivity contribution in [2.75, 3.05) is 26.3 Å². The van der Waals surface area contributed by atoms with E-state index in [4.69, 9.17) is 21.1 Å². The molecule has 1 atom stereocenters. The van der Waals surface area contributed by atoms with Gasteiger partial charge in [0.05, 0.1) is 23.7 Å². The minimum Gasteiger partial charge on any atom is -0.489 e. The third kappa shape index (κ3) is 3.90. The summed E-state index contributed by atoms with van der Waals surface area (Å²) in [7, 11) is 0. The SMILES string of the molecule is O=C([C@@H]1CCCOC1)N1CCC(Oc2cncc(Cl)c2)CC1. The largest absolute Gasteiger partial charge is 0.489 e. The van der Waals surface area contributed by atoms with E-state index in [9.17, 15) is 4.79 Å². The summed E-state index contributed by atoms with van der Waals surface area (Å²) in [6, 6.07) is 1.77. The third-order valence-electron chi connectivity index (χ3n) is 4.25. The molecular formula is C16H21ClN2O3. The molecule has 0 bridgehead atoms. The van der Waals surface area contributed by atoms with Crippen molar-refractivity contribution in [3.8, 4) is 5.75 Å². The average Bonchev–Trinajstić information content (AvgIpc) is 2.56. The van der Waals surface area contributed by atoms with Crippen molar-refractivity contribution < 1.29 is 14.3 Å². The number of amides is 1. The number of likely N-dealkylation sites (tertiary alicyclic amines) is 1. The Bertz CT molecular complexity index is 512. The van der Waals surface area contributed by atoms with Crippen molar-refractivity contribution in [1.82, 2.24) is 9.88 Å². The van der Waals surface area contributed by atoms with Gasteiger partial charge >= 0.3 is 0 Å². The molecule has 22 heavy (non-hydrogen) atoms. The van der Waals surface area contributed by atoms with Crippen molar-refractivity contribution in [1.29, 1.82) is 0 Å². The van der Waals surface area contributed by atoms with Crippen LogP contribution in [0.3, 0.4) is 0 Å². The predicted octanol–water partition coefficient (Wildman–Crippen LogP) is 2.53.